The van der Waals surface area contributed by atoms with Crippen LogP contribution in [0.15, 0.2) is 17.2 Å². The topological polar surface area (TPSA) is 126 Å². The van der Waals surface area contributed by atoms with Crippen LogP contribution in [0, 0.1) is 5.92 Å². The van der Waals surface area contributed by atoms with E-state index in [0.717, 1.165) is 44.4 Å². The number of carbonyl (C=O) groups is 2. The molecule has 1 saturated carbocycles. The van der Waals surface area contributed by atoms with Crippen molar-refractivity contribution in [3.8, 4) is 0 Å². The van der Waals surface area contributed by atoms with Crippen molar-refractivity contribution in [1.82, 2.24) is 15.0 Å². The molecule has 0 aliphatic heterocycles. The summed E-state index contributed by atoms with van der Waals surface area (Å²) in [6, 6.07) is 0.207. The molecule has 0 aromatic carbocycles. The molecule has 1 heterocycles. The number of nitrogens with zero attached hydrogens (tertiary/aromatic N) is 1. The fourth-order valence-electron chi connectivity index (χ4n) is 3.44. The molecule has 9 nitrogen and oxygen atoms in total. The van der Waals surface area contributed by atoms with E-state index in [1.165, 1.54) is 0 Å². The van der Waals surface area contributed by atoms with Gasteiger partial charge in [-0.3, -0.25) is 4.79 Å². The third kappa shape index (κ3) is 8.67. The van der Waals surface area contributed by atoms with Crippen LogP contribution in [0.3, 0.4) is 0 Å². The van der Waals surface area contributed by atoms with E-state index in [1.807, 2.05) is 0 Å². The highest BCUT2D eigenvalue weighted by atomic mass is 35.5. The Labute approximate surface area is 197 Å². The van der Waals surface area contributed by atoms with Gasteiger partial charge in [0.15, 0.2) is 0 Å². The van der Waals surface area contributed by atoms with Crippen LogP contribution in [0.5, 0.6) is 0 Å². The van der Waals surface area contributed by atoms with Crippen LogP contribution >= 0.6 is 11.6 Å². The average molecular weight is 511 g/mol. The van der Waals surface area contributed by atoms with Gasteiger partial charge in [-0.1, -0.05) is 30.9 Å². The van der Waals surface area contributed by atoms with Gasteiger partial charge in [-0.15, -0.1) is 0 Å². The molecule has 1 aliphatic carbocycles. The Morgan fingerprint density at radius 3 is 2.42 bits per heavy atom. The number of pyridine rings is 1. The number of sulfonamides is 1. The molecule has 0 unspecified atom stereocenters. The van der Waals surface area contributed by atoms with Crippen molar-refractivity contribution in [3.63, 3.8) is 0 Å². The second kappa shape index (κ2) is 11.4. The lowest BCUT2D eigenvalue weighted by Crippen LogP contribution is -2.50. The minimum atomic E-state index is -4.31. The molecule has 1 aromatic heterocycles. The van der Waals surface area contributed by atoms with E-state index in [4.69, 9.17) is 16.3 Å². The van der Waals surface area contributed by atoms with Crippen molar-refractivity contribution in [2.24, 2.45) is 5.92 Å². The van der Waals surface area contributed by atoms with Gasteiger partial charge in [0.1, 0.15) is 22.4 Å². The third-order valence-electron chi connectivity index (χ3n) is 4.86. The smallest absolute Gasteiger partial charge is 0.408 e. The van der Waals surface area contributed by atoms with Crippen molar-refractivity contribution in [3.05, 3.63) is 17.3 Å². The fraction of sp³-hybridized carbons (Fsp3) is 0.650. The number of halogens is 3. The maximum atomic E-state index is 13.0. The van der Waals surface area contributed by atoms with Gasteiger partial charge in [-0.2, -0.15) is 0 Å². The molecular formula is C20H29ClF2N4O5S. The SMILES string of the molecule is CC(C)(C)OC(=O)N[C@H](C(=O)Nc1cc(Cl)c(S(=O)(=O)NCC(F)F)cn1)C1CCCCC1. The summed E-state index contributed by atoms with van der Waals surface area (Å²) in [6.45, 7) is 4.05. The van der Waals surface area contributed by atoms with Gasteiger partial charge in [0.05, 0.1) is 17.8 Å². The molecule has 2 amide bonds. The summed E-state index contributed by atoms with van der Waals surface area (Å²) >= 11 is 6.01. The minimum Gasteiger partial charge on any atom is -0.444 e. The first-order valence-electron chi connectivity index (χ1n) is 10.5. The quantitative estimate of drug-likeness (QED) is 0.489. The first kappa shape index (κ1) is 27.2. The van der Waals surface area contributed by atoms with Crippen LogP contribution in [0.4, 0.5) is 19.4 Å². The van der Waals surface area contributed by atoms with Gasteiger partial charge in [-0.25, -0.2) is 31.7 Å². The first-order chi connectivity index (χ1) is 15.3. The Bertz CT molecular complexity index is 950. The van der Waals surface area contributed by atoms with E-state index in [2.05, 4.69) is 15.6 Å². The van der Waals surface area contributed by atoms with Crippen LogP contribution < -0.4 is 15.4 Å². The number of hydrogen-bond acceptors (Lipinski definition) is 6. The number of carbonyl (C=O) groups excluding carboxylic acids is 2. The molecule has 13 heteroatoms. The van der Waals surface area contributed by atoms with Crippen LogP contribution in [0.1, 0.15) is 52.9 Å². The number of rotatable bonds is 8. The van der Waals surface area contributed by atoms with E-state index in [-0.39, 0.29) is 16.8 Å². The molecule has 1 fully saturated rings. The summed E-state index contributed by atoms with van der Waals surface area (Å²) < 4.78 is 55.9. The van der Waals surface area contributed by atoms with Gasteiger partial charge >= 0.3 is 6.09 Å². The second-order valence-corrected chi connectivity index (χ2v) is 10.9. The van der Waals surface area contributed by atoms with E-state index >= 15 is 0 Å². The van der Waals surface area contributed by atoms with Crippen LogP contribution in [-0.4, -0.2) is 50.0 Å². The van der Waals surface area contributed by atoms with E-state index < -0.39 is 51.5 Å². The molecule has 2 rings (SSSR count). The van der Waals surface area contributed by atoms with Gasteiger partial charge in [-0.05, 0) is 39.5 Å². The van der Waals surface area contributed by atoms with Crippen LogP contribution in [-0.2, 0) is 19.6 Å². The van der Waals surface area contributed by atoms with Crippen molar-refractivity contribution < 1.29 is 31.5 Å². The average Bonchev–Trinajstić information content (AvgIpc) is 2.69. The Hall–Kier alpha value is -2.05. The van der Waals surface area contributed by atoms with Crippen LogP contribution in [0.25, 0.3) is 0 Å². The molecule has 33 heavy (non-hydrogen) atoms. The molecule has 186 valence electrons. The number of hydrogen-bond donors (Lipinski definition) is 3. The molecule has 0 bridgehead atoms. The van der Waals surface area contributed by atoms with Crippen molar-refractivity contribution in [1.29, 1.82) is 0 Å². The van der Waals surface area contributed by atoms with E-state index in [0.29, 0.717) is 0 Å². The zero-order valence-corrected chi connectivity index (χ0v) is 20.2. The number of nitrogens with one attached hydrogen (secondary N) is 3. The summed E-state index contributed by atoms with van der Waals surface area (Å²) in [5, 5.41) is 4.86. The predicted molar refractivity (Wildman–Crippen MR) is 119 cm³/mol. The van der Waals surface area contributed by atoms with Gasteiger partial charge < -0.3 is 15.4 Å². The standard InChI is InChI=1S/C20H29ClF2N4O5S/c1-20(2,3)32-19(29)27-17(12-7-5-4-6-8-12)18(28)26-16-9-13(21)14(10-24-16)33(30,31)25-11-15(22)23/h9-10,12,15,17,25H,4-8,11H2,1-3H3,(H,27,29)(H,24,26,28)/t17-/m0/s1. The van der Waals surface area contributed by atoms with Gasteiger partial charge in [0, 0.05) is 6.07 Å². The Balaban J connectivity index is 2.17. The van der Waals surface area contributed by atoms with Crippen LogP contribution in [0.2, 0.25) is 5.02 Å². The Morgan fingerprint density at radius 2 is 1.88 bits per heavy atom. The number of aromatic nitrogens is 1. The third-order valence-corrected chi connectivity index (χ3v) is 6.74. The van der Waals surface area contributed by atoms with E-state index in [1.54, 1.807) is 25.5 Å². The lowest BCUT2D eigenvalue weighted by Gasteiger charge is -2.30. The molecule has 0 spiro atoms. The first-order valence-corrected chi connectivity index (χ1v) is 12.4. The lowest BCUT2D eigenvalue weighted by atomic mass is 9.83. The molecule has 1 aliphatic rings. The van der Waals surface area contributed by atoms with E-state index in [9.17, 15) is 26.8 Å². The summed E-state index contributed by atoms with van der Waals surface area (Å²) in [7, 11) is -4.31. The summed E-state index contributed by atoms with van der Waals surface area (Å²) in [5.74, 6) is -0.715. The molecule has 1 atom stereocenters. The largest absolute Gasteiger partial charge is 0.444 e. The molecule has 0 radical (unpaired) electrons. The molecule has 0 saturated heterocycles. The monoisotopic (exact) mass is 510 g/mol. The zero-order valence-electron chi connectivity index (χ0n) is 18.7. The highest BCUT2D eigenvalue weighted by Crippen LogP contribution is 2.28. The zero-order chi connectivity index (χ0) is 24.8. The maximum Gasteiger partial charge on any atom is 0.408 e. The number of alkyl halides is 2. The van der Waals surface area contributed by atoms with Gasteiger partial charge in [0.2, 0.25) is 15.9 Å². The second-order valence-electron chi connectivity index (χ2n) is 8.75. The minimum absolute atomic E-state index is 0.0513. The van der Waals surface area contributed by atoms with Crippen molar-refractivity contribution in [2.75, 3.05) is 11.9 Å². The number of anilines is 1. The fourth-order valence-corrected chi connectivity index (χ4v) is 4.90. The highest BCUT2D eigenvalue weighted by Gasteiger charge is 2.33. The predicted octanol–water partition coefficient (Wildman–Crippen LogP) is 3.69. The highest BCUT2D eigenvalue weighted by molar-refractivity contribution is 7.89. The van der Waals surface area contributed by atoms with Gasteiger partial charge in [0.25, 0.3) is 6.43 Å². The number of amides is 2. The lowest BCUT2D eigenvalue weighted by molar-refractivity contribution is -0.119. The number of alkyl carbamates (subject to hydrolysis) is 1. The summed E-state index contributed by atoms with van der Waals surface area (Å²) in [5.41, 5.74) is -0.744. The molecule has 1 aromatic rings. The number of ether oxygens (including phenoxy) is 1. The molecular weight excluding hydrogens is 482 g/mol. The Morgan fingerprint density at radius 1 is 1.24 bits per heavy atom. The summed E-state index contributed by atoms with van der Waals surface area (Å²) in [6.07, 6.45) is 1.64. The maximum absolute atomic E-state index is 13.0. The summed E-state index contributed by atoms with van der Waals surface area (Å²) in [4.78, 5) is 28.7. The van der Waals surface area contributed by atoms with Crippen molar-refractivity contribution in [2.45, 2.75) is 75.8 Å². The van der Waals surface area contributed by atoms with Crippen molar-refractivity contribution >= 4 is 39.4 Å². The molecule has 3 N–H and O–H groups in total. The Kier molecular flexibility index (Phi) is 9.38. The normalized spacial score (nSPS) is 16.3.